The lowest BCUT2D eigenvalue weighted by atomic mass is 9.82. The van der Waals surface area contributed by atoms with E-state index >= 15 is 0 Å². The van der Waals surface area contributed by atoms with E-state index < -0.39 is 0 Å². The Morgan fingerprint density at radius 2 is 1.95 bits per heavy atom. The van der Waals surface area contributed by atoms with Gasteiger partial charge in [0.05, 0.1) is 5.56 Å². The molecule has 1 amide bonds. The second-order valence-corrected chi connectivity index (χ2v) is 5.29. The largest absolute Gasteiger partial charge is 0.459 e. The van der Waals surface area contributed by atoms with Crippen molar-refractivity contribution in [1.29, 1.82) is 0 Å². The first-order chi connectivity index (χ1) is 9.13. The van der Waals surface area contributed by atoms with Crippen molar-refractivity contribution >= 4 is 12.4 Å². The zero-order chi connectivity index (χ0) is 13.7. The fraction of sp³-hybridized carbons (Fsp3) is 0.467. The first-order valence-electron chi connectivity index (χ1n) is 6.60. The Kier molecular flexibility index (Phi) is 4.20. The third kappa shape index (κ3) is 3.56. The van der Waals surface area contributed by atoms with Crippen LogP contribution in [0.3, 0.4) is 0 Å². The molecule has 0 unspecified atom stereocenters. The number of hydrogen-bond donors (Lipinski definition) is 1. The van der Waals surface area contributed by atoms with Crippen LogP contribution in [0.5, 0.6) is 0 Å². The SMILES string of the molecule is CC1(NC=O)CCC(OC(=O)c2ccccc2)CC1. The Balaban J connectivity index is 1.86. The van der Waals surface area contributed by atoms with Crippen LogP contribution < -0.4 is 5.32 Å². The van der Waals surface area contributed by atoms with Crippen LogP contribution in [-0.2, 0) is 9.53 Å². The zero-order valence-electron chi connectivity index (χ0n) is 11.1. The van der Waals surface area contributed by atoms with Gasteiger partial charge in [-0.25, -0.2) is 4.79 Å². The van der Waals surface area contributed by atoms with Crippen LogP contribution in [0, 0.1) is 0 Å². The molecule has 4 nitrogen and oxygen atoms in total. The Labute approximate surface area is 113 Å². The van der Waals surface area contributed by atoms with E-state index in [1.165, 1.54) is 0 Å². The van der Waals surface area contributed by atoms with Crippen molar-refractivity contribution in [2.75, 3.05) is 0 Å². The highest BCUT2D eigenvalue weighted by Crippen LogP contribution is 2.29. The molecule has 0 aliphatic heterocycles. The van der Waals surface area contributed by atoms with Crippen molar-refractivity contribution in [3.63, 3.8) is 0 Å². The van der Waals surface area contributed by atoms with E-state index in [4.69, 9.17) is 4.74 Å². The number of rotatable bonds is 4. The van der Waals surface area contributed by atoms with E-state index in [9.17, 15) is 9.59 Å². The van der Waals surface area contributed by atoms with Crippen LogP contribution in [0.2, 0.25) is 0 Å². The molecule has 0 saturated heterocycles. The Bertz CT molecular complexity index is 436. The van der Waals surface area contributed by atoms with E-state index in [-0.39, 0.29) is 17.6 Å². The highest BCUT2D eigenvalue weighted by atomic mass is 16.5. The van der Waals surface area contributed by atoms with Gasteiger partial charge in [-0.15, -0.1) is 0 Å². The number of esters is 1. The zero-order valence-corrected chi connectivity index (χ0v) is 11.1. The predicted octanol–water partition coefficient (Wildman–Crippen LogP) is 2.29. The monoisotopic (exact) mass is 261 g/mol. The molecule has 1 N–H and O–H groups in total. The Morgan fingerprint density at radius 1 is 1.32 bits per heavy atom. The lowest BCUT2D eigenvalue weighted by molar-refractivity contribution is -0.111. The summed E-state index contributed by atoms with van der Waals surface area (Å²) in [6, 6.07) is 9.02. The van der Waals surface area contributed by atoms with E-state index in [0.29, 0.717) is 5.56 Å². The van der Waals surface area contributed by atoms with E-state index in [0.717, 1.165) is 32.1 Å². The summed E-state index contributed by atoms with van der Waals surface area (Å²) in [4.78, 5) is 22.4. The number of carbonyl (C=O) groups is 2. The summed E-state index contributed by atoms with van der Waals surface area (Å²) in [6.07, 6.45) is 3.94. The molecule has 0 aromatic heterocycles. The van der Waals surface area contributed by atoms with Crippen LogP contribution in [-0.4, -0.2) is 24.0 Å². The summed E-state index contributed by atoms with van der Waals surface area (Å²) in [6.45, 7) is 2.02. The van der Waals surface area contributed by atoms with Crippen molar-refractivity contribution < 1.29 is 14.3 Å². The van der Waals surface area contributed by atoms with Gasteiger partial charge in [-0.05, 0) is 44.7 Å². The summed E-state index contributed by atoms with van der Waals surface area (Å²) in [5, 5.41) is 2.85. The quantitative estimate of drug-likeness (QED) is 0.668. The van der Waals surface area contributed by atoms with Crippen molar-refractivity contribution in [3.8, 4) is 0 Å². The Hall–Kier alpha value is -1.84. The maximum atomic E-state index is 11.9. The van der Waals surface area contributed by atoms with E-state index in [1.807, 2.05) is 25.1 Å². The van der Waals surface area contributed by atoms with Gasteiger partial charge in [0.2, 0.25) is 6.41 Å². The number of carbonyl (C=O) groups excluding carboxylic acids is 2. The van der Waals surface area contributed by atoms with Gasteiger partial charge in [-0.2, -0.15) is 0 Å². The molecule has 2 rings (SSSR count). The third-order valence-electron chi connectivity index (χ3n) is 3.73. The van der Waals surface area contributed by atoms with Gasteiger partial charge in [0, 0.05) is 5.54 Å². The maximum Gasteiger partial charge on any atom is 0.338 e. The smallest absolute Gasteiger partial charge is 0.338 e. The summed E-state index contributed by atoms with van der Waals surface area (Å²) in [5.41, 5.74) is 0.430. The van der Waals surface area contributed by atoms with Crippen LogP contribution >= 0.6 is 0 Å². The first-order valence-corrected chi connectivity index (χ1v) is 6.60. The molecule has 1 aromatic carbocycles. The molecule has 102 valence electrons. The minimum Gasteiger partial charge on any atom is -0.459 e. The molecule has 1 fully saturated rings. The first kappa shape index (κ1) is 13.6. The molecule has 0 bridgehead atoms. The molecule has 1 aromatic rings. The van der Waals surface area contributed by atoms with Gasteiger partial charge in [-0.3, -0.25) is 4.79 Å². The fourth-order valence-electron chi connectivity index (χ4n) is 2.43. The molecule has 1 saturated carbocycles. The molecule has 0 spiro atoms. The molecule has 4 heteroatoms. The summed E-state index contributed by atoms with van der Waals surface area (Å²) in [5.74, 6) is -0.266. The normalized spacial score (nSPS) is 26.5. The molecular formula is C15H19NO3. The second kappa shape index (κ2) is 5.87. The Morgan fingerprint density at radius 3 is 2.53 bits per heavy atom. The minimum atomic E-state index is -0.266. The van der Waals surface area contributed by atoms with E-state index in [2.05, 4.69) is 5.32 Å². The highest BCUT2D eigenvalue weighted by molar-refractivity contribution is 5.89. The van der Waals surface area contributed by atoms with Gasteiger partial charge in [0.15, 0.2) is 0 Å². The summed E-state index contributed by atoms with van der Waals surface area (Å²) < 4.78 is 5.49. The standard InChI is InChI=1S/C15H19NO3/c1-15(16-11-17)9-7-13(8-10-15)19-14(18)12-5-3-2-4-6-12/h2-6,11,13H,7-10H2,1H3,(H,16,17). The summed E-state index contributed by atoms with van der Waals surface area (Å²) in [7, 11) is 0. The van der Waals surface area contributed by atoms with Crippen LogP contribution in [0.1, 0.15) is 43.0 Å². The van der Waals surface area contributed by atoms with Crippen molar-refractivity contribution in [3.05, 3.63) is 35.9 Å². The molecule has 0 radical (unpaired) electrons. The van der Waals surface area contributed by atoms with Crippen LogP contribution in [0.25, 0.3) is 0 Å². The van der Waals surface area contributed by atoms with Crippen LogP contribution in [0.15, 0.2) is 30.3 Å². The van der Waals surface area contributed by atoms with Crippen molar-refractivity contribution in [1.82, 2.24) is 5.32 Å². The summed E-state index contributed by atoms with van der Waals surface area (Å²) >= 11 is 0. The topological polar surface area (TPSA) is 55.4 Å². The van der Waals surface area contributed by atoms with Crippen molar-refractivity contribution in [2.24, 2.45) is 0 Å². The number of amides is 1. The van der Waals surface area contributed by atoms with Gasteiger partial charge in [0.1, 0.15) is 6.10 Å². The number of ether oxygens (including phenoxy) is 1. The fourth-order valence-corrected chi connectivity index (χ4v) is 2.43. The lowest BCUT2D eigenvalue weighted by Gasteiger charge is -2.36. The van der Waals surface area contributed by atoms with Gasteiger partial charge < -0.3 is 10.1 Å². The average Bonchev–Trinajstić information content (AvgIpc) is 2.43. The maximum absolute atomic E-state index is 11.9. The van der Waals surface area contributed by atoms with Crippen molar-refractivity contribution in [2.45, 2.75) is 44.2 Å². The molecule has 0 atom stereocenters. The number of nitrogens with one attached hydrogen (secondary N) is 1. The number of benzene rings is 1. The third-order valence-corrected chi connectivity index (χ3v) is 3.73. The molecule has 0 heterocycles. The number of hydrogen-bond acceptors (Lipinski definition) is 3. The minimum absolute atomic E-state index is 0.0470. The highest BCUT2D eigenvalue weighted by Gasteiger charge is 2.32. The lowest BCUT2D eigenvalue weighted by Crippen LogP contribution is -2.46. The molecule has 1 aliphatic carbocycles. The molecular weight excluding hydrogens is 242 g/mol. The van der Waals surface area contributed by atoms with E-state index in [1.54, 1.807) is 12.1 Å². The van der Waals surface area contributed by atoms with Gasteiger partial charge in [0.25, 0.3) is 0 Å². The molecule has 1 aliphatic rings. The average molecular weight is 261 g/mol. The van der Waals surface area contributed by atoms with Gasteiger partial charge >= 0.3 is 5.97 Å². The second-order valence-electron chi connectivity index (χ2n) is 5.29. The predicted molar refractivity (Wildman–Crippen MR) is 71.7 cm³/mol. The molecule has 19 heavy (non-hydrogen) atoms. The van der Waals surface area contributed by atoms with Crippen LogP contribution in [0.4, 0.5) is 0 Å². The van der Waals surface area contributed by atoms with Gasteiger partial charge in [-0.1, -0.05) is 18.2 Å².